The molecule has 3 atom stereocenters. The topological polar surface area (TPSA) is 106 Å². The van der Waals surface area contributed by atoms with Gasteiger partial charge < -0.3 is 14.6 Å². The van der Waals surface area contributed by atoms with Crippen molar-refractivity contribution in [2.24, 2.45) is 4.99 Å². The first-order valence-corrected chi connectivity index (χ1v) is 6.19. The minimum Gasteiger partial charge on any atom is -0.487 e. The van der Waals surface area contributed by atoms with Crippen molar-refractivity contribution >= 4 is 6.40 Å². The average molecular weight is 283 g/mol. The Kier molecular flexibility index (Phi) is 4.35. The van der Waals surface area contributed by atoms with Crippen LogP contribution in [0.15, 0.2) is 20.8 Å². The summed E-state index contributed by atoms with van der Waals surface area (Å²) in [4.78, 5) is 29.5. The van der Waals surface area contributed by atoms with Crippen molar-refractivity contribution in [2.45, 2.75) is 31.7 Å². The number of nitrogens with zero attached hydrogens (tertiary/aromatic N) is 2. The van der Waals surface area contributed by atoms with Gasteiger partial charge in [-0.3, -0.25) is 19.3 Å². The first-order valence-electron chi connectivity index (χ1n) is 6.19. The minimum atomic E-state index is -0.575. The largest absolute Gasteiger partial charge is 0.487 e. The van der Waals surface area contributed by atoms with Gasteiger partial charge in [0.25, 0.3) is 5.56 Å². The first-order chi connectivity index (χ1) is 9.56. The van der Waals surface area contributed by atoms with E-state index in [0.29, 0.717) is 12.0 Å². The number of methoxy groups -OCH3 is 1. The molecule has 0 unspecified atom stereocenters. The standard InChI is InChI=1S/C12H17N3O5/c1-7-4-15(12(18)14-11(7)17)10-3-8(13-6-19-2)9(5-16)20-10/h4,6,8-10,16H,3,5H2,1-2H3,(H,14,17,18)/t8-,9+,10+/m0/s1. The van der Waals surface area contributed by atoms with Crippen molar-refractivity contribution in [1.82, 2.24) is 9.55 Å². The monoisotopic (exact) mass is 283 g/mol. The summed E-state index contributed by atoms with van der Waals surface area (Å²) in [6, 6.07) is -0.302. The highest BCUT2D eigenvalue weighted by Gasteiger charge is 2.36. The molecule has 0 aliphatic carbocycles. The van der Waals surface area contributed by atoms with E-state index in [0.717, 1.165) is 0 Å². The van der Waals surface area contributed by atoms with Gasteiger partial charge in [0.15, 0.2) is 6.40 Å². The fourth-order valence-electron chi connectivity index (χ4n) is 2.15. The first kappa shape index (κ1) is 14.5. The molecule has 0 radical (unpaired) electrons. The SMILES string of the molecule is COC=N[C@H]1C[C@H](n2cc(C)c(=O)[nH]c2=O)O[C@@H]1CO. The number of ether oxygens (including phenoxy) is 2. The summed E-state index contributed by atoms with van der Waals surface area (Å²) in [7, 11) is 1.47. The lowest BCUT2D eigenvalue weighted by Crippen LogP contribution is -2.33. The summed E-state index contributed by atoms with van der Waals surface area (Å²) in [6.07, 6.45) is 2.05. The third kappa shape index (κ3) is 2.81. The van der Waals surface area contributed by atoms with E-state index in [4.69, 9.17) is 9.47 Å². The Hall–Kier alpha value is -1.93. The van der Waals surface area contributed by atoms with E-state index in [1.54, 1.807) is 6.92 Å². The van der Waals surface area contributed by atoms with Gasteiger partial charge in [0, 0.05) is 18.2 Å². The van der Waals surface area contributed by atoms with Crippen LogP contribution in [-0.2, 0) is 9.47 Å². The second kappa shape index (κ2) is 6.02. The molecule has 0 saturated carbocycles. The van der Waals surface area contributed by atoms with E-state index in [-0.39, 0.29) is 12.6 Å². The van der Waals surface area contributed by atoms with Gasteiger partial charge in [-0.15, -0.1) is 0 Å². The number of hydrogen-bond acceptors (Lipinski definition) is 6. The summed E-state index contributed by atoms with van der Waals surface area (Å²) in [5, 5.41) is 9.28. The highest BCUT2D eigenvalue weighted by atomic mass is 16.5. The Balaban J connectivity index is 2.27. The number of aliphatic hydroxyl groups is 1. The van der Waals surface area contributed by atoms with E-state index in [9.17, 15) is 14.7 Å². The number of aromatic nitrogens is 2. The van der Waals surface area contributed by atoms with Gasteiger partial charge in [0.2, 0.25) is 0 Å². The molecule has 8 nitrogen and oxygen atoms in total. The molecule has 0 spiro atoms. The summed E-state index contributed by atoms with van der Waals surface area (Å²) >= 11 is 0. The number of aliphatic imine (C=N–C) groups is 1. The molecule has 2 N–H and O–H groups in total. The van der Waals surface area contributed by atoms with Crippen molar-refractivity contribution in [3.05, 3.63) is 32.6 Å². The molecule has 8 heteroatoms. The van der Waals surface area contributed by atoms with Gasteiger partial charge in [0.1, 0.15) is 12.3 Å². The molecule has 1 aliphatic rings. The molecular formula is C12H17N3O5. The molecule has 2 rings (SSSR count). The average Bonchev–Trinajstić information content (AvgIpc) is 2.83. The Morgan fingerprint density at radius 3 is 3.05 bits per heavy atom. The molecule has 1 aromatic heterocycles. The normalized spacial score (nSPS) is 26.2. The molecule has 1 saturated heterocycles. The Bertz CT molecular complexity index is 606. The van der Waals surface area contributed by atoms with Crippen molar-refractivity contribution in [2.75, 3.05) is 13.7 Å². The van der Waals surface area contributed by atoms with Crippen LogP contribution in [0, 0.1) is 6.92 Å². The quantitative estimate of drug-likeness (QED) is 0.554. The summed E-state index contributed by atoms with van der Waals surface area (Å²) in [5.41, 5.74) is -0.548. The smallest absolute Gasteiger partial charge is 0.330 e. The molecular weight excluding hydrogens is 266 g/mol. The van der Waals surface area contributed by atoms with E-state index >= 15 is 0 Å². The van der Waals surface area contributed by atoms with Crippen LogP contribution in [0.1, 0.15) is 18.2 Å². The maximum absolute atomic E-state index is 11.8. The van der Waals surface area contributed by atoms with Crippen molar-refractivity contribution < 1.29 is 14.6 Å². The lowest BCUT2D eigenvalue weighted by molar-refractivity contribution is -0.0271. The predicted octanol–water partition coefficient (Wildman–Crippen LogP) is -0.832. The third-order valence-electron chi connectivity index (χ3n) is 3.20. The van der Waals surface area contributed by atoms with Gasteiger partial charge in [-0.05, 0) is 6.92 Å². The van der Waals surface area contributed by atoms with Crippen LogP contribution in [0.4, 0.5) is 0 Å². The number of H-pyrrole nitrogens is 1. The molecule has 110 valence electrons. The fourth-order valence-corrected chi connectivity index (χ4v) is 2.15. The summed E-state index contributed by atoms with van der Waals surface area (Å²) in [6.45, 7) is 1.40. The maximum atomic E-state index is 11.8. The number of aryl methyl sites for hydroxylation is 1. The van der Waals surface area contributed by atoms with Crippen molar-refractivity contribution in [3.63, 3.8) is 0 Å². The van der Waals surface area contributed by atoms with Crippen LogP contribution >= 0.6 is 0 Å². The number of rotatable bonds is 4. The molecule has 20 heavy (non-hydrogen) atoms. The van der Waals surface area contributed by atoms with Gasteiger partial charge in [0.05, 0.1) is 19.8 Å². The zero-order valence-electron chi connectivity index (χ0n) is 11.3. The number of aromatic amines is 1. The number of hydrogen-bond donors (Lipinski definition) is 2. The highest BCUT2D eigenvalue weighted by Crippen LogP contribution is 2.29. The molecule has 2 heterocycles. The van der Waals surface area contributed by atoms with Crippen LogP contribution < -0.4 is 11.2 Å². The van der Waals surface area contributed by atoms with Gasteiger partial charge in [-0.25, -0.2) is 4.79 Å². The van der Waals surface area contributed by atoms with E-state index in [1.807, 2.05) is 0 Å². The molecule has 1 aliphatic heterocycles. The highest BCUT2D eigenvalue weighted by molar-refractivity contribution is 5.46. The van der Waals surface area contributed by atoms with Crippen molar-refractivity contribution in [1.29, 1.82) is 0 Å². The van der Waals surface area contributed by atoms with Crippen LogP contribution in [0.25, 0.3) is 0 Å². The molecule has 0 aromatic carbocycles. The van der Waals surface area contributed by atoms with Crippen LogP contribution in [0.3, 0.4) is 0 Å². The lowest BCUT2D eigenvalue weighted by atomic mass is 10.1. The Morgan fingerprint density at radius 1 is 1.65 bits per heavy atom. The summed E-state index contributed by atoms with van der Waals surface area (Å²) in [5.74, 6) is 0. The molecule has 1 aromatic rings. The van der Waals surface area contributed by atoms with E-state index in [1.165, 1.54) is 24.3 Å². The fraction of sp³-hybridized carbons (Fsp3) is 0.583. The lowest BCUT2D eigenvalue weighted by Gasteiger charge is -2.14. The zero-order chi connectivity index (χ0) is 14.7. The molecule has 0 bridgehead atoms. The number of aliphatic hydroxyl groups excluding tert-OH is 1. The van der Waals surface area contributed by atoms with Gasteiger partial charge >= 0.3 is 5.69 Å². The molecule has 0 amide bonds. The minimum absolute atomic E-state index is 0.209. The summed E-state index contributed by atoms with van der Waals surface area (Å²) < 4.78 is 11.7. The third-order valence-corrected chi connectivity index (χ3v) is 3.20. The second-order valence-corrected chi connectivity index (χ2v) is 4.58. The Morgan fingerprint density at radius 2 is 2.40 bits per heavy atom. The van der Waals surface area contributed by atoms with Crippen LogP contribution in [-0.4, -0.2) is 46.9 Å². The van der Waals surface area contributed by atoms with Gasteiger partial charge in [-0.1, -0.05) is 0 Å². The van der Waals surface area contributed by atoms with E-state index in [2.05, 4.69) is 9.98 Å². The van der Waals surface area contributed by atoms with E-state index < -0.39 is 23.6 Å². The number of nitrogens with one attached hydrogen (secondary N) is 1. The van der Waals surface area contributed by atoms with Gasteiger partial charge in [-0.2, -0.15) is 0 Å². The zero-order valence-corrected chi connectivity index (χ0v) is 11.3. The van der Waals surface area contributed by atoms with Crippen LogP contribution in [0.2, 0.25) is 0 Å². The second-order valence-electron chi connectivity index (χ2n) is 4.58. The van der Waals surface area contributed by atoms with Crippen molar-refractivity contribution in [3.8, 4) is 0 Å². The predicted molar refractivity (Wildman–Crippen MR) is 71.0 cm³/mol. The maximum Gasteiger partial charge on any atom is 0.330 e. The molecule has 1 fully saturated rings. The Labute approximate surface area is 114 Å². The van der Waals surface area contributed by atoms with Crippen LogP contribution in [0.5, 0.6) is 0 Å².